The minimum atomic E-state index is -3.64. The molecule has 140 valence electrons. The Bertz CT molecular complexity index is 1060. The molecular weight excluding hydrogens is 385 g/mol. The first-order chi connectivity index (χ1) is 12.7. The number of hydrogen-bond acceptors (Lipinski definition) is 4. The van der Waals surface area contributed by atoms with Crippen LogP contribution in [0.2, 0.25) is 0 Å². The van der Waals surface area contributed by atoms with Gasteiger partial charge in [0, 0.05) is 4.90 Å². The minimum absolute atomic E-state index is 0.147. The predicted molar refractivity (Wildman–Crippen MR) is 108 cm³/mol. The highest BCUT2D eigenvalue weighted by atomic mass is 32.2. The van der Waals surface area contributed by atoms with Crippen LogP contribution in [0.1, 0.15) is 23.1 Å². The zero-order valence-corrected chi connectivity index (χ0v) is 16.5. The fourth-order valence-corrected chi connectivity index (χ4v) is 3.83. The Labute approximate surface area is 162 Å². The molecule has 3 rings (SSSR count). The van der Waals surface area contributed by atoms with E-state index in [1.807, 2.05) is 41.3 Å². The molecule has 27 heavy (non-hydrogen) atoms. The molecule has 0 saturated carbocycles. The quantitative estimate of drug-likeness (QED) is 0.768. The Morgan fingerprint density at radius 2 is 1.85 bits per heavy atom. The monoisotopic (exact) mass is 403 g/mol. The first-order valence-corrected chi connectivity index (χ1v) is 11.2. The van der Waals surface area contributed by atoms with E-state index >= 15 is 0 Å². The number of hydrogen-bond donors (Lipinski definition) is 1. The van der Waals surface area contributed by atoms with Gasteiger partial charge in [0.2, 0.25) is 15.9 Å². The number of rotatable bonds is 5. The molecule has 0 spiro atoms. The summed E-state index contributed by atoms with van der Waals surface area (Å²) in [5, 5.41) is 0. The van der Waals surface area contributed by atoms with Gasteiger partial charge in [0.25, 0.3) is 0 Å². The third kappa shape index (κ3) is 4.87. The summed E-state index contributed by atoms with van der Waals surface area (Å²) in [7, 11) is -3.64. The van der Waals surface area contributed by atoms with Gasteiger partial charge in [0.05, 0.1) is 12.7 Å². The van der Waals surface area contributed by atoms with Gasteiger partial charge in [-0.1, -0.05) is 18.2 Å². The van der Waals surface area contributed by atoms with Crippen LogP contribution in [-0.2, 0) is 14.8 Å². The lowest BCUT2D eigenvalue weighted by Gasteiger charge is -2.06. The van der Waals surface area contributed by atoms with Crippen LogP contribution in [0.15, 0.2) is 53.4 Å². The van der Waals surface area contributed by atoms with Gasteiger partial charge >= 0.3 is 0 Å². The lowest BCUT2D eigenvalue weighted by molar-refractivity contribution is -0.118. The number of fused-ring (bicyclic) bond motifs is 1. The summed E-state index contributed by atoms with van der Waals surface area (Å²) in [5.41, 5.74) is 3.83. The van der Waals surface area contributed by atoms with Gasteiger partial charge in [-0.15, -0.1) is 11.8 Å². The summed E-state index contributed by atoms with van der Waals surface area (Å²) >= 11 is 1.65. The number of benzene rings is 2. The van der Waals surface area contributed by atoms with Gasteiger partial charge in [-0.3, -0.25) is 9.52 Å². The van der Waals surface area contributed by atoms with Crippen molar-refractivity contribution in [3.63, 3.8) is 0 Å². The molecule has 0 atom stereocenters. The van der Waals surface area contributed by atoms with Gasteiger partial charge in [-0.2, -0.15) is 0 Å². The Kier molecular flexibility index (Phi) is 5.53. The van der Waals surface area contributed by atoms with Crippen molar-refractivity contribution in [1.82, 2.24) is 4.72 Å². The molecule has 1 amide bonds. The first kappa shape index (κ1) is 19.4. The fraction of sp³-hybridized carbons (Fsp3) is 0.150. The lowest BCUT2D eigenvalue weighted by atomic mass is 10.0. The average Bonchev–Trinajstić information content (AvgIpc) is 2.90. The molecular formula is C20H18FNO3S2. The summed E-state index contributed by atoms with van der Waals surface area (Å²) in [6.07, 6.45) is 6.54. The van der Waals surface area contributed by atoms with Crippen LogP contribution in [0.25, 0.3) is 17.2 Å². The van der Waals surface area contributed by atoms with Crippen molar-refractivity contribution < 1.29 is 17.6 Å². The van der Waals surface area contributed by atoms with Crippen LogP contribution in [-0.4, -0.2) is 26.8 Å². The fourth-order valence-electron chi connectivity index (χ4n) is 2.94. The van der Waals surface area contributed by atoms with Crippen LogP contribution in [0.4, 0.5) is 4.39 Å². The topological polar surface area (TPSA) is 63.2 Å². The number of sulfonamides is 1. The SMILES string of the molecule is CSc1ccc(/C=C2\C=C(CC(=O)NS(C)(=O)=O)c3cc(F)ccc32)cc1. The highest BCUT2D eigenvalue weighted by Gasteiger charge is 2.22. The maximum absolute atomic E-state index is 13.7. The van der Waals surface area contributed by atoms with Gasteiger partial charge in [-0.25, -0.2) is 12.8 Å². The summed E-state index contributed by atoms with van der Waals surface area (Å²) in [6.45, 7) is 0. The highest BCUT2D eigenvalue weighted by molar-refractivity contribution is 7.98. The van der Waals surface area contributed by atoms with Gasteiger partial charge in [-0.05, 0) is 70.5 Å². The maximum Gasteiger partial charge on any atom is 0.237 e. The third-order valence-electron chi connectivity index (χ3n) is 4.06. The molecule has 0 heterocycles. The molecule has 0 unspecified atom stereocenters. The highest BCUT2D eigenvalue weighted by Crippen LogP contribution is 2.38. The minimum Gasteiger partial charge on any atom is -0.274 e. The number of carbonyl (C=O) groups excluding carboxylic acids is 1. The molecule has 0 radical (unpaired) electrons. The second kappa shape index (κ2) is 7.70. The van der Waals surface area contributed by atoms with E-state index in [1.54, 1.807) is 23.9 Å². The number of amides is 1. The van der Waals surface area contributed by atoms with Gasteiger partial charge < -0.3 is 0 Å². The Hall–Kier alpha value is -2.38. The van der Waals surface area contributed by atoms with Crippen LogP contribution < -0.4 is 4.72 Å². The third-order valence-corrected chi connectivity index (χ3v) is 5.40. The second-order valence-electron chi connectivity index (χ2n) is 6.21. The molecule has 2 aromatic carbocycles. The van der Waals surface area contributed by atoms with Crippen molar-refractivity contribution in [3.05, 3.63) is 71.0 Å². The molecule has 0 aliphatic heterocycles. The first-order valence-electron chi connectivity index (χ1n) is 8.12. The predicted octanol–water partition coefficient (Wildman–Crippen LogP) is 3.95. The molecule has 7 heteroatoms. The second-order valence-corrected chi connectivity index (χ2v) is 8.83. The average molecular weight is 404 g/mol. The zero-order chi connectivity index (χ0) is 19.6. The molecule has 1 aliphatic rings. The molecule has 1 N–H and O–H groups in total. The smallest absolute Gasteiger partial charge is 0.237 e. The van der Waals surface area contributed by atoms with E-state index in [9.17, 15) is 17.6 Å². The number of halogens is 1. The van der Waals surface area contributed by atoms with Crippen LogP contribution in [0.5, 0.6) is 0 Å². The van der Waals surface area contributed by atoms with Crippen LogP contribution in [0.3, 0.4) is 0 Å². The molecule has 0 aromatic heterocycles. The van der Waals surface area contributed by atoms with Crippen LogP contribution in [0, 0.1) is 5.82 Å². The molecule has 0 fully saturated rings. The molecule has 2 aromatic rings. The number of thioether (sulfide) groups is 1. The van der Waals surface area contributed by atoms with E-state index in [0.717, 1.165) is 27.9 Å². The van der Waals surface area contributed by atoms with E-state index in [4.69, 9.17) is 0 Å². The van der Waals surface area contributed by atoms with Crippen molar-refractivity contribution in [2.45, 2.75) is 11.3 Å². The summed E-state index contributed by atoms with van der Waals surface area (Å²) in [6, 6.07) is 12.4. The van der Waals surface area contributed by atoms with Crippen molar-refractivity contribution in [1.29, 1.82) is 0 Å². The Balaban J connectivity index is 1.96. The maximum atomic E-state index is 13.7. The number of carbonyl (C=O) groups is 1. The standard InChI is InChI=1S/C20H18FNO3S2/c1-26-17-6-3-13(4-7-17)9-14-10-15(11-20(23)22-27(2,24)25)19-12-16(21)5-8-18(14)19/h3-10,12H,11H2,1-2H3,(H,22,23)/b14-9+. The normalized spacial score (nSPS) is 14.8. The Morgan fingerprint density at radius 1 is 1.15 bits per heavy atom. The van der Waals surface area contributed by atoms with Crippen molar-refractivity contribution in [3.8, 4) is 0 Å². The number of allylic oxidation sites excluding steroid dienone is 2. The summed E-state index contributed by atoms with van der Waals surface area (Å²) in [5.74, 6) is -1.06. The zero-order valence-electron chi connectivity index (χ0n) is 14.8. The van der Waals surface area contributed by atoms with Crippen LogP contribution >= 0.6 is 11.8 Å². The van der Waals surface area contributed by atoms with E-state index in [2.05, 4.69) is 0 Å². The van der Waals surface area contributed by atoms with Crippen molar-refractivity contribution in [2.24, 2.45) is 0 Å². The number of nitrogens with one attached hydrogen (secondary N) is 1. The van der Waals surface area contributed by atoms with Crippen molar-refractivity contribution in [2.75, 3.05) is 12.5 Å². The summed E-state index contributed by atoms with van der Waals surface area (Å²) in [4.78, 5) is 13.2. The van der Waals surface area contributed by atoms with Gasteiger partial charge in [0.1, 0.15) is 5.82 Å². The van der Waals surface area contributed by atoms with Crippen molar-refractivity contribution >= 4 is 44.9 Å². The largest absolute Gasteiger partial charge is 0.274 e. The van der Waals surface area contributed by atoms with E-state index in [-0.39, 0.29) is 6.42 Å². The lowest BCUT2D eigenvalue weighted by Crippen LogP contribution is -2.29. The molecule has 1 aliphatic carbocycles. The van der Waals surface area contributed by atoms with E-state index in [1.165, 1.54) is 12.1 Å². The molecule has 4 nitrogen and oxygen atoms in total. The Morgan fingerprint density at radius 3 is 2.48 bits per heavy atom. The molecule has 0 bridgehead atoms. The van der Waals surface area contributed by atoms with E-state index < -0.39 is 21.7 Å². The van der Waals surface area contributed by atoms with E-state index in [0.29, 0.717) is 11.1 Å². The van der Waals surface area contributed by atoms with Gasteiger partial charge in [0.15, 0.2) is 0 Å². The summed E-state index contributed by atoms with van der Waals surface area (Å²) < 4.78 is 38.2. The molecule has 0 saturated heterocycles.